The van der Waals surface area contributed by atoms with Crippen LogP contribution in [0.5, 0.6) is 0 Å². The molecule has 7 aliphatic rings. The second-order valence-corrected chi connectivity index (χ2v) is 20.1. The van der Waals surface area contributed by atoms with Crippen LogP contribution in [0.2, 0.25) is 0 Å². The minimum absolute atomic E-state index is 0.115. The molecule has 2 saturated carbocycles. The molecule has 20 nitrogen and oxygen atoms in total. The molecule has 24 atom stereocenters. The van der Waals surface area contributed by atoms with Crippen LogP contribution in [0.4, 0.5) is 0 Å². The van der Waals surface area contributed by atoms with Crippen molar-refractivity contribution in [2.45, 2.75) is 208 Å². The smallest absolute Gasteiger partial charge is 0.187 e. The summed E-state index contributed by atoms with van der Waals surface area (Å²) in [5.74, 6) is 1.01. The van der Waals surface area contributed by atoms with Gasteiger partial charge in [0.2, 0.25) is 0 Å². The molecule has 4 aliphatic heterocycles. The van der Waals surface area contributed by atoms with E-state index in [1.165, 1.54) is 12.7 Å². The number of aliphatic hydroxyl groups excluding tert-OH is 8. The predicted octanol–water partition coefficient (Wildman–Crippen LogP) is 0.0116. The molecule has 1 aromatic heterocycles. The average Bonchev–Trinajstić information content (AvgIpc) is 3.75. The number of ether oxygens (including phenoxy) is 10. The Labute approximate surface area is 390 Å². The Morgan fingerprint density at radius 3 is 1.90 bits per heavy atom. The molecule has 0 amide bonds. The highest BCUT2D eigenvalue weighted by Crippen LogP contribution is 2.59. The van der Waals surface area contributed by atoms with Crippen molar-refractivity contribution in [3.8, 4) is 0 Å². The van der Waals surface area contributed by atoms with E-state index in [-0.39, 0.29) is 29.5 Å². The van der Waals surface area contributed by atoms with E-state index in [0.29, 0.717) is 25.7 Å². The lowest BCUT2D eigenvalue weighted by molar-refractivity contribution is -0.375. The van der Waals surface area contributed by atoms with Gasteiger partial charge in [0.15, 0.2) is 25.2 Å². The first-order valence-electron chi connectivity index (χ1n) is 23.7. The molecule has 6 fully saturated rings. The van der Waals surface area contributed by atoms with E-state index in [0.717, 1.165) is 24.2 Å². The van der Waals surface area contributed by atoms with Crippen LogP contribution in [0.3, 0.4) is 0 Å². The lowest BCUT2D eigenvalue weighted by Crippen LogP contribution is -2.65. The van der Waals surface area contributed by atoms with Crippen molar-refractivity contribution in [2.24, 2.45) is 17.3 Å². The number of carbonyl (C=O) groups excluding carboxylic acids is 1. The Bertz CT molecular complexity index is 1860. The zero-order valence-corrected chi connectivity index (χ0v) is 39.3. The summed E-state index contributed by atoms with van der Waals surface area (Å²) < 4.78 is 66.3. The van der Waals surface area contributed by atoms with Crippen molar-refractivity contribution >= 4 is 5.78 Å². The summed E-state index contributed by atoms with van der Waals surface area (Å²) in [6, 6.07) is 1.93. The summed E-state index contributed by atoms with van der Waals surface area (Å²) in [4.78, 5) is 14.2. The van der Waals surface area contributed by atoms with Crippen molar-refractivity contribution < 1.29 is 97.4 Å². The lowest BCUT2D eigenvalue weighted by Gasteiger charge is -2.55. The first kappa shape index (κ1) is 51.3. The Hall–Kier alpha value is -2.03. The molecule has 0 bridgehead atoms. The van der Waals surface area contributed by atoms with Gasteiger partial charge in [-0.3, -0.25) is 4.79 Å². The van der Waals surface area contributed by atoms with Crippen molar-refractivity contribution in [2.75, 3.05) is 27.4 Å². The fourth-order valence-corrected chi connectivity index (χ4v) is 12.2. The van der Waals surface area contributed by atoms with Crippen LogP contribution in [0.1, 0.15) is 84.0 Å². The number of fused-ring (bicyclic) bond motifs is 3. The number of carbonyl (C=O) groups is 1. The summed E-state index contributed by atoms with van der Waals surface area (Å²) in [5, 5.41) is 84.6. The topological polar surface area (TPSA) is 284 Å². The van der Waals surface area contributed by atoms with Gasteiger partial charge >= 0.3 is 0 Å². The minimum Gasteiger partial charge on any atom is -0.469 e. The monoisotopic (exact) mass is 956 g/mol. The van der Waals surface area contributed by atoms with Gasteiger partial charge in [0.25, 0.3) is 0 Å². The fraction of sp³-hybridized carbons (Fsp3) is 0.851. The van der Waals surface area contributed by atoms with Gasteiger partial charge in [0.1, 0.15) is 72.6 Å². The number of hydrogen-bond donors (Lipinski definition) is 8. The maximum absolute atomic E-state index is 14.2. The number of furan rings is 1. The third kappa shape index (κ3) is 9.60. The van der Waals surface area contributed by atoms with Crippen LogP contribution in [-0.4, -0.2) is 197 Å². The molecule has 380 valence electrons. The molecule has 5 heterocycles. The standard InChI is InChI=1S/C47H72O20/c1-20-25(11-13-59-20)46(4)12-10-26-24(43(46)56)9-8-23-14-28(27(50)17-47(23,26)5)62-33-15-29(57-6)40(21(2)60-33)65-34-16-30(58-7)41(22(3)61-34)66-45-39(55)37(53)42(32(19-49)64-45)67-44-38(54)36(52)35(51)31(18-48)63-44/h8,11,13,21-22,24,26-42,44-45,48-55H,9-10,12,14-19H2,1-7H3/t21-,22+,24-,26+,27-,28-,29+,30+,31-,32-,33+,34+,35-,36+,37-,38-,39-,40-,41-,42-,44+,45+,46-,47+/m1/s1. The molecule has 67 heavy (non-hydrogen) atoms. The van der Waals surface area contributed by atoms with Gasteiger partial charge in [-0.2, -0.15) is 0 Å². The molecule has 0 aromatic carbocycles. The molecule has 8 N–H and O–H groups in total. The van der Waals surface area contributed by atoms with Crippen molar-refractivity contribution in [3.63, 3.8) is 0 Å². The molecule has 1 aromatic rings. The van der Waals surface area contributed by atoms with Crippen LogP contribution in [0, 0.1) is 24.2 Å². The van der Waals surface area contributed by atoms with E-state index in [2.05, 4.69) is 13.0 Å². The molecule has 3 aliphatic carbocycles. The fourth-order valence-electron chi connectivity index (χ4n) is 12.2. The first-order valence-corrected chi connectivity index (χ1v) is 23.7. The van der Waals surface area contributed by atoms with E-state index < -0.39 is 141 Å². The maximum atomic E-state index is 14.2. The van der Waals surface area contributed by atoms with Crippen molar-refractivity contribution in [3.05, 3.63) is 35.3 Å². The molecular formula is C47H72O20. The second-order valence-electron chi connectivity index (χ2n) is 20.1. The summed E-state index contributed by atoms with van der Waals surface area (Å²) in [7, 11) is 3.06. The number of aryl methyl sites for hydroxylation is 1. The van der Waals surface area contributed by atoms with Crippen LogP contribution in [0.15, 0.2) is 28.4 Å². The van der Waals surface area contributed by atoms with Gasteiger partial charge in [-0.1, -0.05) is 18.6 Å². The third-order valence-electron chi connectivity index (χ3n) is 16.2. The Morgan fingerprint density at radius 2 is 1.30 bits per heavy atom. The van der Waals surface area contributed by atoms with Gasteiger partial charge in [0.05, 0.1) is 61.5 Å². The molecule has 0 radical (unpaired) electrons. The average molecular weight is 957 g/mol. The van der Waals surface area contributed by atoms with Crippen molar-refractivity contribution in [1.82, 2.24) is 0 Å². The largest absolute Gasteiger partial charge is 0.469 e. The number of ketones is 1. The van der Waals surface area contributed by atoms with E-state index in [9.17, 15) is 45.6 Å². The van der Waals surface area contributed by atoms with Crippen LogP contribution < -0.4 is 0 Å². The summed E-state index contributed by atoms with van der Waals surface area (Å²) >= 11 is 0. The molecule has 4 saturated heterocycles. The summed E-state index contributed by atoms with van der Waals surface area (Å²) in [5.41, 5.74) is 1.24. The predicted molar refractivity (Wildman–Crippen MR) is 229 cm³/mol. The van der Waals surface area contributed by atoms with E-state index in [1.54, 1.807) is 20.3 Å². The maximum Gasteiger partial charge on any atom is 0.187 e. The molecule has 8 rings (SSSR count). The number of hydrogen-bond acceptors (Lipinski definition) is 20. The van der Waals surface area contributed by atoms with Gasteiger partial charge < -0.3 is 92.6 Å². The number of rotatable bonds is 13. The van der Waals surface area contributed by atoms with E-state index in [4.69, 9.17) is 51.8 Å². The first-order chi connectivity index (χ1) is 31.9. The number of Topliss-reactive ketones (excluding diaryl/α,β-unsaturated/α-hetero) is 1. The van der Waals surface area contributed by atoms with Gasteiger partial charge in [-0.15, -0.1) is 0 Å². The number of methoxy groups -OCH3 is 2. The lowest BCUT2D eigenvalue weighted by atomic mass is 9.49. The number of aliphatic hydroxyl groups is 8. The Kier molecular flexibility index (Phi) is 15.8. The van der Waals surface area contributed by atoms with Gasteiger partial charge in [-0.25, -0.2) is 0 Å². The normalized spacial score (nSPS) is 49.5. The zero-order chi connectivity index (χ0) is 48.3. The highest BCUT2D eigenvalue weighted by atomic mass is 16.8. The van der Waals surface area contributed by atoms with E-state index in [1.807, 2.05) is 26.8 Å². The van der Waals surface area contributed by atoms with Gasteiger partial charge in [0, 0.05) is 38.5 Å². The SMILES string of the molecule is CO[C@H]1C[C@H](O[C@H]2[C@@H](OC)C[C@H](O[C@@H]3CC4=CC[C@H]5C(=O)[C@@](C)(c6ccoc6C)CC[C@@H]5[C@@]4(C)C[C@H]3O)O[C@@H]2C)O[C@@H](C)[C@H]1O[C@@H]1O[C@H](CO)[C@@H](O[C@@H]2O[C@H](CO)[C@@H](O)[C@H](O)[C@H]2O)[C@H](O)[C@H]1O. The van der Waals surface area contributed by atoms with Crippen LogP contribution >= 0.6 is 0 Å². The molecule has 20 heteroatoms. The molecule has 0 spiro atoms. The minimum atomic E-state index is -1.80. The quantitative estimate of drug-likeness (QED) is 0.121. The third-order valence-corrected chi connectivity index (χ3v) is 16.2. The van der Waals surface area contributed by atoms with Gasteiger partial charge in [-0.05, 0) is 77.2 Å². The highest BCUT2D eigenvalue weighted by Gasteiger charge is 2.58. The van der Waals surface area contributed by atoms with E-state index >= 15 is 0 Å². The second kappa shape index (κ2) is 20.6. The molecular weight excluding hydrogens is 884 g/mol. The van der Waals surface area contributed by atoms with Crippen molar-refractivity contribution in [1.29, 1.82) is 0 Å². The summed E-state index contributed by atoms with van der Waals surface area (Å²) in [6.45, 7) is 8.29. The summed E-state index contributed by atoms with van der Waals surface area (Å²) in [6.07, 6.45) is -15.1. The zero-order valence-electron chi connectivity index (χ0n) is 39.3. The molecule has 0 unspecified atom stereocenters. The number of allylic oxidation sites excluding steroid dienone is 1. The van der Waals surface area contributed by atoms with Crippen LogP contribution in [0.25, 0.3) is 0 Å². The van der Waals surface area contributed by atoms with Crippen LogP contribution in [-0.2, 0) is 57.6 Å². The Morgan fingerprint density at radius 1 is 0.716 bits per heavy atom. The Balaban J connectivity index is 0.850. The highest BCUT2D eigenvalue weighted by molar-refractivity contribution is 5.93.